The van der Waals surface area contributed by atoms with Crippen molar-refractivity contribution in [2.45, 2.75) is 13.8 Å². The van der Waals surface area contributed by atoms with E-state index in [4.69, 9.17) is 11.6 Å². The van der Waals surface area contributed by atoms with Crippen molar-refractivity contribution in [2.75, 3.05) is 0 Å². The van der Waals surface area contributed by atoms with Crippen molar-refractivity contribution in [3.8, 4) is 10.4 Å². The van der Waals surface area contributed by atoms with E-state index in [-0.39, 0.29) is 5.78 Å². The van der Waals surface area contributed by atoms with Gasteiger partial charge in [0.2, 0.25) is 0 Å². The maximum atomic E-state index is 11.2. The molecule has 0 bridgehead atoms. The Labute approximate surface area is 104 Å². The van der Waals surface area contributed by atoms with Gasteiger partial charge in [-0.05, 0) is 43.7 Å². The van der Waals surface area contributed by atoms with Gasteiger partial charge in [-0.3, -0.25) is 4.79 Å². The topological polar surface area (TPSA) is 17.1 Å². The summed E-state index contributed by atoms with van der Waals surface area (Å²) in [5.74, 6) is -0.00101. The van der Waals surface area contributed by atoms with Gasteiger partial charge in [0.15, 0.2) is 5.78 Å². The second kappa shape index (κ2) is 4.40. The van der Waals surface area contributed by atoms with E-state index >= 15 is 0 Å². The molecule has 1 aromatic heterocycles. The lowest BCUT2D eigenvalue weighted by molar-refractivity contribution is 0.101. The first kappa shape index (κ1) is 11.4. The smallest absolute Gasteiger partial charge is 0.161 e. The molecule has 0 N–H and O–H groups in total. The first-order valence-corrected chi connectivity index (χ1v) is 6.14. The molecule has 1 heterocycles. The summed E-state index contributed by atoms with van der Waals surface area (Å²) >= 11 is 7.79. The fraction of sp³-hybridized carbons (Fsp3) is 0.154. The Bertz CT molecular complexity index is 543. The molecule has 1 nitrogen and oxygen atoms in total. The molecule has 0 aliphatic carbocycles. The molecule has 0 radical (unpaired) electrons. The quantitative estimate of drug-likeness (QED) is 0.713. The van der Waals surface area contributed by atoms with Gasteiger partial charge in [0.05, 0.1) is 5.02 Å². The summed E-state index contributed by atoms with van der Waals surface area (Å²) in [6, 6.07) is 9.72. The summed E-state index contributed by atoms with van der Waals surface area (Å²) in [5, 5.41) is 0.524. The van der Waals surface area contributed by atoms with Gasteiger partial charge in [0.1, 0.15) is 0 Å². The molecule has 1 aromatic carbocycles. The Morgan fingerprint density at radius 2 is 2.00 bits per heavy atom. The van der Waals surface area contributed by atoms with E-state index in [1.165, 1.54) is 16.7 Å². The zero-order chi connectivity index (χ0) is 11.7. The number of carbonyl (C=O) groups is 1. The summed E-state index contributed by atoms with van der Waals surface area (Å²) in [7, 11) is 0. The highest BCUT2D eigenvalue weighted by atomic mass is 35.5. The molecule has 0 fully saturated rings. The zero-order valence-electron chi connectivity index (χ0n) is 9.08. The molecular formula is C13H11ClOS. The largest absolute Gasteiger partial charge is 0.294 e. The molecule has 0 atom stereocenters. The van der Waals surface area contributed by atoms with Crippen LogP contribution in [0.25, 0.3) is 10.4 Å². The summed E-state index contributed by atoms with van der Waals surface area (Å²) in [5.41, 5.74) is 1.65. The molecule has 2 aromatic rings. The van der Waals surface area contributed by atoms with Crippen LogP contribution in [-0.2, 0) is 0 Å². The van der Waals surface area contributed by atoms with Gasteiger partial charge in [0.25, 0.3) is 0 Å². The molecule has 3 heteroatoms. The number of hydrogen-bond donors (Lipinski definition) is 0. The molecule has 16 heavy (non-hydrogen) atoms. The maximum absolute atomic E-state index is 11.2. The average Bonchev–Trinajstić information content (AvgIpc) is 2.64. The summed E-state index contributed by atoms with van der Waals surface area (Å²) in [6.45, 7) is 3.59. The number of benzene rings is 1. The third-order valence-corrected chi connectivity index (χ3v) is 3.74. The Balaban J connectivity index is 2.45. The van der Waals surface area contributed by atoms with Crippen molar-refractivity contribution >= 4 is 28.7 Å². The lowest BCUT2D eigenvalue weighted by Gasteiger charge is -2.02. The molecule has 0 saturated carbocycles. The fourth-order valence-electron chi connectivity index (χ4n) is 1.54. The zero-order valence-corrected chi connectivity index (χ0v) is 10.7. The number of Topliss-reactive ketones (excluding diaryl/α,β-unsaturated/α-hetero) is 1. The highest BCUT2D eigenvalue weighted by Crippen LogP contribution is 2.30. The van der Waals surface area contributed by atoms with Gasteiger partial charge in [0, 0.05) is 15.3 Å². The molecule has 0 amide bonds. The van der Waals surface area contributed by atoms with Crippen LogP contribution in [0.5, 0.6) is 0 Å². The van der Waals surface area contributed by atoms with E-state index in [9.17, 15) is 4.79 Å². The highest BCUT2D eigenvalue weighted by molar-refractivity contribution is 7.15. The minimum atomic E-state index is -0.00101. The van der Waals surface area contributed by atoms with Gasteiger partial charge in [-0.15, -0.1) is 11.3 Å². The standard InChI is InChI=1S/C13H11ClOS/c1-8-3-6-13(16-8)10-4-5-11(9(2)15)12(14)7-10/h3-7H,1-2H3. The van der Waals surface area contributed by atoms with Crippen LogP contribution in [0.3, 0.4) is 0 Å². The van der Waals surface area contributed by atoms with Crippen molar-refractivity contribution < 1.29 is 4.79 Å². The van der Waals surface area contributed by atoms with Crippen LogP contribution in [0.1, 0.15) is 22.2 Å². The van der Waals surface area contributed by atoms with Crippen molar-refractivity contribution in [3.63, 3.8) is 0 Å². The number of hydrogen-bond acceptors (Lipinski definition) is 2. The first-order valence-electron chi connectivity index (χ1n) is 4.95. The molecular weight excluding hydrogens is 240 g/mol. The monoisotopic (exact) mass is 250 g/mol. The number of aryl methyl sites for hydroxylation is 1. The predicted octanol–water partition coefficient (Wildman–Crippen LogP) is 4.58. The first-order chi connectivity index (χ1) is 7.58. The molecule has 0 saturated heterocycles. The number of ketones is 1. The van der Waals surface area contributed by atoms with Crippen molar-refractivity contribution in [2.24, 2.45) is 0 Å². The van der Waals surface area contributed by atoms with Gasteiger partial charge in [-0.1, -0.05) is 17.7 Å². The van der Waals surface area contributed by atoms with Crippen LogP contribution in [-0.4, -0.2) is 5.78 Å². The van der Waals surface area contributed by atoms with Crippen LogP contribution in [0.4, 0.5) is 0 Å². The van der Waals surface area contributed by atoms with Crippen LogP contribution in [0.2, 0.25) is 5.02 Å². The third-order valence-electron chi connectivity index (χ3n) is 2.37. The SMILES string of the molecule is CC(=O)c1ccc(-c2ccc(C)s2)cc1Cl. The Morgan fingerprint density at radius 1 is 1.25 bits per heavy atom. The second-order valence-corrected chi connectivity index (χ2v) is 5.36. The number of halogens is 1. The average molecular weight is 251 g/mol. The van der Waals surface area contributed by atoms with Crippen LogP contribution in [0.15, 0.2) is 30.3 Å². The maximum Gasteiger partial charge on any atom is 0.161 e. The highest BCUT2D eigenvalue weighted by Gasteiger charge is 2.08. The Kier molecular flexibility index (Phi) is 3.13. The van der Waals surface area contributed by atoms with E-state index in [0.717, 1.165) is 5.56 Å². The van der Waals surface area contributed by atoms with E-state index in [2.05, 4.69) is 19.1 Å². The number of carbonyl (C=O) groups excluding carboxylic acids is 1. The Morgan fingerprint density at radius 3 is 2.50 bits per heavy atom. The summed E-state index contributed by atoms with van der Waals surface area (Å²) in [4.78, 5) is 13.7. The number of thiophene rings is 1. The lowest BCUT2D eigenvalue weighted by Crippen LogP contribution is -1.92. The van der Waals surface area contributed by atoms with Crippen molar-refractivity contribution in [3.05, 3.63) is 45.8 Å². The molecule has 0 aliphatic heterocycles. The van der Waals surface area contributed by atoms with E-state index in [1.807, 2.05) is 12.1 Å². The van der Waals surface area contributed by atoms with Gasteiger partial charge in [-0.2, -0.15) is 0 Å². The predicted molar refractivity (Wildman–Crippen MR) is 69.5 cm³/mol. The van der Waals surface area contributed by atoms with Crippen LogP contribution < -0.4 is 0 Å². The fourth-order valence-corrected chi connectivity index (χ4v) is 2.72. The van der Waals surface area contributed by atoms with Crippen LogP contribution in [0, 0.1) is 6.92 Å². The van der Waals surface area contributed by atoms with Gasteiger partial charge in [-0.25, -0.2) is 0 Å². The Hall–Kier alpha value is -1.12. The van der Waals surface area contributed by atoms with Crippen LogP contribution >= 0.6 is 22.9 Å². The van der Waals surface area contributed by atoms with Gasteiger partial charge < -0.3 is 0 Å². The summed E-state index contributed by atoms with van der Waals surface area (Å²) in [6.07, 6.45) is 0. The second-order valence-electron chi connectivity index (χ2n) is 3.66. The van der Waals surface area contributed by atoms with Crippen molar-refractivity contribution in [1.29, 1.82) is 0 Å². The van der Waals surface area contributed by atoms with E-state index in [1.54, 1.807) is 17.4 Å². The van der Waals surface area contributed by atoms with E-state index in [0.29, 0.717) is 10.6 Å². The normalized spacial score (nSPS) is 10.4. The lowest BCUT2D eigenvalue weighted by atomic mass is 10.1. The number of rotatable bonds is 2. The minimum absolute atomic E-state index is 0.00101. The van der Waals surface area contributed by atoms with E-state index < -0.39 is 0 Å². The molecule has 2 rings (SSSR count). The molecule has 0 spiro atoms. The van der Waals surface area contributed by atoms with Gasteiger partial charge >= 0.3 is 0 Å². The molecule has 82 valence electrons. The van der Waals surface area contributed by atoms with Crippen molar-refractivity contribution in [1.82, 2.24) is 0 Å². The molecule has 0 aliphatic rings. The minimum Gasteiger partial charge on any atom is -0.294 e. The summed E-state index contributed by atoms with van der Waals surface area (Å²) < 4.78 is 0. The third kappa shape index (κ3) is 2.18. The molecule has 0 unspecified atom stereocenters.